The standard InChI is InChI=1S/C14H22N2O/c1-9(2)11(4)15-13-6-7-14(10(3)8-13)16-12(5)17/h6-9,11,15H,1-5H3,(H,16,17). The molecule has 1 amide bonds. The van der Waals surface area contributed by atoms with Crippen molar-refractivity contribution in [2.45, 2.75) is 40.7 Å². The molecule has 0 saturated carbocycles. The highest BCUT2D eigenvalue weighted by Crippen LogP contribution is 2.21. The molecule has 0 heterocycles. The van der Waals surface area contributed by atoms with E-state index in [1.54, 1.807) is 0 Å². The Morgan fingerprint density at radius 1 is 1.24 bits per heavy atom. The fourth-order valence-corrected chi connectivity index (χ4v) is 1.51. The molecule has 0 spiro atoms. The van der Waals surface area contributed by atoms with E-state index >= 15 is 0 Å². The van der Waals surface area contributed by atoms with Gasteiger partial charge in [0.05, 0.1) is 0 Å². The quantitative estimate of drug-likeness (QED) is 0.838. The molecule has 2 N–H and O–H groups in total. The third-order valence-corrected chi connectivity index (χ3v) is 2.93. The van der Waals surface area contributed by atoms with Crippen molar-refractivity contribution in [3.63, 3.8) is 0 Å². The van der Waals surface area contributed by atoms with Gasteiger partial charge in [-0.2, -0.15) is 0 Å². The molecule has 0 aliphatic heterocycles. The van der Waals surface area contributed by atoms with Crippen LogP contribution in [0.4, 0.5) is 11.4 Å². The van der Waals surface area contributed by atoms with Gasteiger partial charge in [-0.25, -0.2) is 0 Å². The lowest BCUT2D eigenvalue weighted by Crippen LogP contribution is -2.21. The van der Waals surface area contributed by atoms with Crippen LogP contribution in [0.3, 0.4) is 0 Å². The maximum atomic E-state index is 11.0. The molecule has 0 radical (unpaired) electrons. The molecule has 0 saturated heterocycles. The van der Waals surface area contributed by atoms with Crippen LogP contribution in [0.15, 0.2) is 18.2 Å². The van der Waals surface area contributed by atoms with Crippen LogP contribution in [-0.4, -0.2) is 11.9 Å². The van der Waals surface area contributed by atoms with E-state index in [-0.39, 0.29) is 5.91 Å². The van der Waals surface area contributed by atoms with E-state index in [0.29, 0.717) is 12.0 Å². The van der Waals surface area contributed by atoms with Crippen molar-refractivity contribution >= 4 is 17.3 Å². The third-order valence-electron chi connectivity index (χ3n) is 2.93. The van der Waals surface area contributed by atoms with Crippen molar-refractivity contribution in [1.82, 2.24) is 0 Å². The first kappa shape index (κ1) is 13.6. The van der Waals surface area contributed by atoms with Gasteiger partial charge in [0.25, 0.3) is 0 Å². The summed E-state index contributed by atoms with van der Waals surface area (Å²) in [6, 6.07) is 6.42. The molecular formula is C14H22N2O. The van der Waals surface area contributed by atoms with Gasteiger partial charge in [0.2, 0.25) is 5.91 Å². The molecule has 1 rings (SSSR count). The predicted molar refractivity (Wildman–Crippen MR) is 73.4 cm³/mol. The minimum absolute atomic E-state index is 0.0376. The lowest BCUT2D eigenvalue weighted by molar-refractivity contribution is -0.114. The van der Waals surface area contributed by atoms with Crippen LogP contribution in [0.2, 0.25) is 0 Å². The zero-order valence-corrected chi connectivity index (χ0v) is 11.3. The highest BCUT2D eigenvalue weighted by molar-refractivity contribution is 5.89. The van der Waals surface area contributed by atoms with Gasteiger partial charge in [-0.3, -0.25) is 4.79 Å². The van der Waals surface area contributed by atoms with E-state index in [1.165, 1.54) is 6.92 Å². The maximum absolute atomic E-state index is 11.0. The topological polar surface area (TPSA) is 41.1 Å². The molecule has 0 fully saturated rings. The van der Waals surface area contributed by atoms with Gasteiger partial charge in [-0.15, -0.1) is 0 Å². The summed E-state index contributed by atoms with van der Waals surface area (Å²) >= 11 is 0. The summed E-state index contributed by atoms with van der Waals surface area (Å²) in [6.45, 7) is 10.1. The van der Waals surface area contributed by atoms with Gasteiger partial charge < -0.3 is 10.6 Å². The summed E-state index contributed by atoms with van der Waals surface area (Å²) in [5.41, 5.74) is 3.04. The Hall–Kier alpha value is -1.51. The molecule has 94 valence electrons. The van der Waals surface area contributed by atoms with E-state index in [0.717, 1.165) is 16.9 Å². The molecule has 1 unspecified atom stereocenters. The number of hydrogen-bond acceptors (Lipinski definition) is 2. The number of rotatable bonds is 4. The predicted octanol–water partition coefficient (Wildman–Crippen LogP) is 3.41. The first-order valence-corrected chi connectivity index (χ1v) is 6.05. The Kier molecular flexibility index (Phi) is 4.55. The van der Waals surface area contributed by atoms with Gasteiger partial charge >= 0.3 is 0 Å². The molecule has 3 heteroatoms. The average Bonchev–Trinajstić information content (AvgIpc) is 2.21. The minimum atomic E-state index is -0.0376. The summed E-state index contributed by atoms with van der Waals surface area (Å²) in [5, 5.41) is 6.26. The van der Waals surface area contributed by atoms with Crippen LogP contribution in [0.1, 0.15) is 33.3 Å². The van der Waals surface area contributed by atoms with Crippen LogP contribution in [0.25, 0.3) is 0 Å². The van der Waals surface area contributed by atoms with Crippen molar-refractivity contribution in [2.75, 3.05) is 10.6 Å². The number of anilines is 2. The first-order valence-electron chi connectivity index (χ1n) is 6.05. The van der Waals surface area contributed by atoms with Gasteiger partial charge in [0.1, 0.15) is 0 Å². The van der Waals surface area contributed by atoms with Gasteiger partial charge in [-0.05, 0) is 43.5 Å². The fourth-order valence-electron chi connectivity index (χ4n) is 1.51. The largest absolute Gasteiger partial charge is 0.382 e. The Bertz CT molecular complexity index is 399. The number of amides is 1. The van der Waals surface area contributed by atoms with Crippen LogP contribution >= 0.6 is 0 Å². The van der Waals surface area contributed by atoms with E-state index in [9.17, 15) is 4.79 Å². The molecule has 1 atom stereocenters. The molecule has 0 aliphatic rings. The van der Waals surface area contributed by atoms with Crippen LogP contribution in [-0.2, 0) is 4.79 Å². The summed E-state index contributed by atoms with van der Waals surface area (Å²) in [7, 11) is 0. The summed E-state index contributed by atoms with van der Waals surface area (Å²) < 4.78 is 0. The van der Waals surface area contributed by atoms with Crippen LogP contribution < -0.4 is 10.6 Å². The second-order valence-corrected chi connectivity index (χ2v) is 4.89. The molecule has 0 aromatic heterocycles. The Labute approximate surface area is 104 Å². The summed E-state index contributed by atoms with van der Waals surface area (Å²) in [4.78, 5) is 11.0. The molecular weight excluding hydrogens is 212 g/mol. The van der Waals surface area contributed by atoms with Crippen molar-refractivity contribution in [2.24, 2.45) is 5.92 Å². The molecule has 0 bridgehead atoms. The summed E-state index contributed by atoms with van der Waals surface area (Å²) in [5.74, 6) is 0.551. The van der Waals surface area contributed by atoms with Crippen molar-refractivity contribution in [3.05, 3.63) is 23.8 Å². The fraction of sp³-hybridized carbons (Fsp3) is 0.500. The zero-order valence-electron chi connectivity index (χ0n) is 11.3. The first-order chi connectivity index (χ1) is 7.90. The lowest BCUT2D eigenvalue weighted by atomic mass is 10.1. The second-order valence-electron chi connectivity index (χ2n) is 4.89. The zero-order chi connectivity index (χ0) is 13.0. The molecule has 1 aromatic rings. The number of carbonyl (C=O) groups is 1. The smallest absolute Gasteiger partial charge is 0.221 e. The second kappa shape index (κ2) is 5.71. The molecule has 3 nitrogen and oxygen atoms in total. The van der Waals surface area contributed by atoms with Gasteiger partial charge in [0.15, 0.2) is 0 Å². The molecule has 0 aliphatic carbocycles. The third kappa shape index (κ3) is 4.10. The van der Waals surface area contributed by atoms with E-state index in [2.05, 4.69) is 37.5 Å². The molecule has 17 heavy (non-hydrogen) atoms. The van der Waals surface area contributed by atoms with Crippen molar-refractivity contribution in [3.8, 4) is 0 Å². The van der Waals surface area contributed by atoms with Crippen LogP contribution in [0.5, 0.6) is 0 Å². The van der Waals surface area contributed by atoms with Gasteiger partial charge in [0, 0.05) is 24.3 Å². The molecule has 1 aromatic carbocycles. The number of nitrogens with one attached hydrogen (secondary N) is 2. The van der Waals surface area contributed by atoms with Crippen molar-refractivity contribution < 1.29 is 4.79 Å². The Morgan fingerprint density at radius 2 is 1.88 bits per heavy atom. The van der Waals surface area contributed by atoms with Crippen LogP contribution in [0, 0.1) is 12.8 Å². The number of hydrogen-bond donors (Lipinski definition) is 2. The number of benzene rings is 1. The number of carbonyl (C=O) groups excluding carboxylic acids is 1. The van der Waals surface area contributed by atoms with E-state index in [1.807, 2.05) is 19.1 Å². The van der Waals surface area contributed by atoms with E-state index in [4.69, 9.17) is 0 Å². The highest BCUT2D eigenvalue weighted by atomic mass is 16.1. The SMILES string of the molecule is CC(=O)Nc1ccc(NC(C)C(C)C)cc1C. The Balaban J connectivity index is 2.78. The lowest BCUT2D eigenvalue weighted by Gasteiger charge is -2.19. The van der Waals surface area contributed by atoms with Crippen molar-refractivity contribution in [1.29, 1.82) is 0 Å². The summed E-state index contributed by atoms with van der Waals surface area (Å²) in [6.07, 6.45) is 0. The maximum Gasteiger partial charge on any atom is 0.221 e. The Morgan fingerprint density at radius 3 is 2.35 bits per heavy atom. The highest BCUT2D eigenvalue weighted by Gasteiger charge is 2.07. The average molecular weight is 234 g/mol. The van der Waals surface area contributed by atoms with E-state index < -0.39 is 0 Å². The van der Waals surface area contributed by atoms with Gasteiger partial charge in [-0.1, -0.05) is 13.8 Å². The number of aryl methyl sites for hydroxylation is 1. The normalized spacial score (nSPS) is 12.4. The minimum Gasteiger partial charge on any atom is -0.382 e. The monoisotopic (exact) mass is 234 g/mol.